The number of alkyl halides is 3. The molecule has 1 aromatic rings. The Morgan fingerprint density at radius 3 is 2.67 bits per heavy atom. The van der Waals surface area contributed by atoms with Gasteiger partial charge in [-0.2, -0.15) is 13.2 Å². The fourth-order valence-electron chi connectivity index (χ4n) is 2.11. The highest BCUT2D eigenvalue weighted by atomic mass is 19.4. The Labute approximate surface area is 102 Å². The summed E-state index contributed by atoms with van der Waals surface area (Å²) in [6, 6.07) is 6.77. The van der Waals surface area contributed by atoms with Crippen molar-refractivity contribution >= 4 is 5.69 Å². The molecule has 1 aliphatic heterocycles. The first-order chi connectivity index (χ1) is 8.39. The molecular weight excluding hydrogens is 247 g/mol. The third kappa shape index (κ3) is 2.59. The molecule has 0 amide bonds. The van der Waals surface area contributed by atoms with Crippen LogP contribution in [-0.4, -0.2) is 35.6 Å². The first-order valence-electron chi connectivity index (χ1n) is 5.66. The number of anilines is 1. The number of halogens is 3. The van der Waals surface area contributed by atoms with Crippen LogP contribution < -0.4 is 4.90 Å². The van der Waals surface area contributed by atoms with Crippen molar-refractivity contribution in [3.05, 3.63) is 29.8 Å². The van der Waals surface area contributed by atoms with Crippen LogP contribution in [0, 0.1) is 0 Å². The lowest BCUT2D eigenvalue weighted by Gasteiger charge is -2.35. The van der Waals surface area contributed by atoms with Crippen molar-refractivity contribution in [3.8, 4) is 0 Å². The minimum absolute atomic E-state index is 0.297. The molecule has 2 N–H and O–H groups in total. The summed E-state index contributed by atoms with van der Waals surface area (Å²) in [6.07, 6.45) is -7.28. The van der Waals surface area contributed by atoms with Crippen LogP contribution in [-0.2, 0) is 0 Å². The molecule has 6 heteroatoms. The van der Waals surface area contributed by atoms with E-state index in [0.717, 1.165) is 0 Å². The standard InChI is InChI=1S/C12H14F3NO2/c13-12(14,15)11(18)7-16-6-5-10(17)8-3-1-2-4-9(8)16/h1-4,10-11,17-18H,5-7H2. The molecule has 0 saturated heterocycles. The van der Waals surface area contributed by atoms with Crippen molar-refractivity contribution in [1.82, 2.24) is 0 Å². The van der Waals surface area contributed by atoms with E-state index >= 15 is 0 Å². The van der Waals surface area contributed by atoms with Crippen LogP contribution in [0.15, 0.2) is 24.3 Å². The molecule has 0 aromatic heterocycles. The number of hydrogen-bond donors (Lipinski definition) is 2. The van der Waals surface area contributed by atoms with Crippen LogP contribution in [0.1, 0.15) is 18.1 Å². The molecule has 0 saturated carbocycles. The third-order valence-corrected chi connectivity index (χ3v) is 3.08. The third-order valence-electron chi connectivity index (χ3n) is 3.08. The summed E-state index contributed by atoms with van der Waals surface area (Å²) in [5.41, 5.74) is 1.16. The van der Waals surface area contributed by atoms with Crippen LogP contribution >= 0.6 is 0 Å². The van der Waals surface area contributed by atoms with Crippen molar-refractivity contribution in [1.29, 1.82) is 0 Å². The Bertz CT molecular complexity index is 422. The van der Waals surface area contributed by atoms with E-state index in [1.807, 2.05) is 0 Å². The molecule has 0 spiro atoms. The topological polar surface area (TPSA) is 43.7 Å². The van der Waals surface area contributed by atoms with E-state index in [4.69, 9.17) is 5.11 Å². The van der Waals surface area contributed by atoms with E-state index < -0.39 is 24.9 Å². The number of fused-ring (bicyclic) bond motifs is 1. The number of hydrogen-bond acceptors (Lipinski definition) is 3. The average Bonchev–Trinajstić information content (AvgIpc) is 2.32. The molecule has 1 aliphatic rings. The highest BCUT2D eigenvalue weighted by Gasteiger charge is 2.40. The molecule has 1 aromatic carbocycles. The lowest BCUT2D eigenvalue weighted by Crippen LogP contribution is -2.43. The Balaban J connectivity index is 2.19. The molecule has 0 radical (unpaired) electrons. The van der Waals surface area contributed by atoms with Crippen molar-refractivity contribution in [2.24, 2.45) is 0 Å². The molecular formula is C12H14F3NO2. The minimum Gasteiger partial charge on any atom is -0.388 e. The molecule has 0 aliphatic carbocycles. The summed E-state index contributed by atoms with van der Waals surface area (Å²) in [4.78, 5) is 1.46. The number of aliphatic hydroxyl groups excluding tert-OH is 2. The Hall–Kier alpha value is -1.27. The molecule has 18 heavy (non-hydrogen) atoms. The minimum atomic E-state index is -4.62. The second-order valence-electron chi connectivity index (χ2n) is 4.37. The van der Waals surface area contributed by atoms with E-state index in [1.54, 1.807) is 24.3 Å². The van der Waals surface area contributed by atoms with E-state index in [1.165, 1.54) is 4.90 Å². The van der Waals surface area contributed by atoms with Gasteiger partial charge in [-0.05, 0) is 12.5 Å². The lowest BCUT2D eigenvalue weighted by atomic mass is 9.98. The average molecular weight is 261 g/mol. The maximum atomic E-state index is 12.3. The monoisotopic (exact) mass is 261 g/mol. The van der Waals surface area contributed by atoms with Gasteiger partial charge in [0.1, 0.15) is 0 Å². The number of nitrogens with zero attached hydrogens (tertiary/aromatic N) is 1. The summed E-state index contributed by atoms with van der Waals surface area (Å²) in [5, 5.41) is 18.9. The molecule has 3 nitrogen and oxygen atoms in total. The number of rotatable bonds is 2. The molecule has 0 fully saturated rings. The highest BCUT2D eigenvalue weighted by molar-refractivity contribution is 5.56. The zero-order valence-corrected chi connectivity index (χ0v) is 9.56. The van der Waals surface area contributed by atoms with Crippen LogP contribution in [0.25, 0.3) is 0 Å². The zero-order valence-electron chi connectivity index (χ0n) is 9.56. The highest BCUT2D eigenvalue weighted by Crippen LogP contribution is 2.34. The van der Waals surface area contributed by atoms with E-state index in [9.17, 15) is 18.3 Å². The molecule has 2 unspecified atom stereocenters. The summed E-state index contributed by atoms with van der Waals surface area (Å²) < 4.78 is 37.0. The van der Waals surface area contributed by atoms with Gasteiger partial charge in [0.15, 0.2) is 6.10 Å². The second-order valence-corrected chi connectivity index (χ2v) is 4.37. The van der Waals surface area contributed by atoms with Gasteiger partial charge in [0.25, 0.3) is 0 Å². The van der Waals surface area contributed by atoms with Crippen LogP contribution in [0.3, 0.4) is 0 Å². The molecule has 100 valence electrons. The largest absolute Gasteiger partial charge is 0.416 e. The maximum absolute atomic E-state index is 12.3. The Morgan fingerprint density at radius 1 is 1.33 bits per heavy atom. The SMILES string of the molecule is OC1CCN(CC(O)C(F)(F)F)c2ccccc21. The van der Waals surface area contributed by atoms with Gasteiger partial charge < -0.3 is 15.1 Å². The van der Waals surface area contributed by atoms with Gasteiger partial charge in [0.05, 0.1) is 12.6 Å². The van der Waals surface area contributed by atoms with Gasteiger partial charge in [-0.15, -0.1) is 0 Å². The van der Waals surface area contributed by atoms with Crippen LogP contribution in [0.4, 0.5) is 18.9 Å². The van der Waals surface area contributed by atoms with Gasteiger partial charge in [0, 0.05) is 17.8 Å². The quantitative estimate of drug-likeness (QED) is 0.854. The maximum Gasteiger partial charge on any atom is 0.416 e. The van der Waals surface area contributed by atoms with E-state index in [2.05, 4.69) is 0 Å². The van der Waals surface area contributed by atoms with Gasteiger partial charge >= 0.3 is 6.18 Å². The predicted octanol–water partition coefficient (Wildman–Crippen LogP) is 1.85. The van der Waals surface area contributed by atoms with Crippen molar-refractivity contribution in [3.63, 3.8) is 0 Å². The van der Waals surface area contributed by atoms with Crippen molar-refractivity contribution < 1.29 is 23.4 Å². The smallest absolute Gasteiger partial charge is 0.388 e. The molecule has 0 bridgehead atoms. The normalized spacial score (nSPS) is 21.6. The molecule has 2 rings (SSSR count). The molecule has 2 atom stereocenters. The zero-order chi connectivity index (χ0) is 13.3. The van der Waals surface area contributed by atoms with Gasteiger partial charge in [-0.25, -0.2) is 0 Å². The summed E-state index contributed by atoms with van der Waals surface area (Å²) >= 11 is 0. The number of benzene rings is 1. The van der Waals surface area contributed by atoms with Crippen LogP contribution in [0.2, 0.25) is 0 Å². The second kappa shape index (κ2) is 4.78. The Kier molecular flexibility index (Phi) is 3.49. The summed E-state index contributed by atoms with van der Waals surface area (Å²) in [7, 11) is 0. The van der Waals surface area contributed by atoms with E-state index in [-0.39, 0.29) is 0 Å². The number of para-hydroxylation sites is 1. The fourth-order valence-corrected chi connectivity index (χ4v) is 2.11. The van der Waals surface area contributed by atoms with Gasteiger partial charge in [-0.3, -0.25) is 0 Å². The molecule has 1 heterocycles. The van der Waals surface area contributed by atoms with E-state index in [0.29, 0.717) is 24.2 Å². The summed E-state index contributed by atoms with van der Waals surface area (Å²) in [5.74, 6) is 0. The lowest BCUT2D eigenvalue weighted by molar-refractivity contribution is -0.200. The number of aliphatic hydroxyl groups is 2. The van der Waals surface area contributed by atoms with Crippen molar-refractivity contribution in [2.45, 2.75) is 24.8 Å². The van der Waals surface area contributed by atoms with Gasteiger partial charge in [-0.1, -0.05) is 18.2 Å². The number of β-amino-alcohol motifs (C(OH)–C–C–N with tert-alkyl or cyclic N) is 1. The Morgan fingerprint density at radius 2 is 2.00 bits per heavy atom. The van der Waals surface area contributed by atoms with Gasteiger partial charge in [0.2, 0.25) is 0 Å². The summed E-state index contributed by atoms with van der Waals surface area (Å²) in [6.45, 7) is -0.210. The van der Waals surface area contributed by atoms with Crippen molar-refractivity contribution in [2.75, 3.05) is 18.0 Å². The fraction of sp³-hybridized carbons (Fsp3) is 0.500. The predicted molar refractivity (Wildman–Crippen MR) is 60.3 cm³/mol. The first-order valence-corrected chi connectivity index (χ1v) is 5.66. The first kappa shape index (κ1) is 13.2. The van der Waals surface area contributed by atoms with Crippen LogP contribution in [0.5, 0.6) is 0 Å².